The highest BCUT2D eigenvalue weighted by Gasteiger charge is 2.31. The van der Waals surface area contributed by atoms with Crippen LogP contribution >= 0.6 is 19.9 Å². The predicted octanol–water partition coefficient (Wildman–Crippen LogP) is 3.34. The molecule has 1 N–H and O–H groups in total. The van der Waals surface area contributed by atoms with Crippen LogP contribution in [0, 0.1) is 0 Å². The van der Waals surface area contributed by atoms with E-state index in [4.69, 9.17) is 16.5 Å². The summed E-state index contributed by atoms with van der Waals surface area (Å²) >= 11 is 5.50. The van der Waals surface area contributed by atoms with Crippen LogP contribution in [0.3, 0.4) is 0 Å². The molecule has 8 heteroatoms. The Labute approximate surface area is 94.7 Å². The zero-order valence-corrected chi connectivity index (χ0v) is 9.42. The molecule has 0 fully saturated rings. The second kappa shape index (κ2) is 5.19. The molecule has 3 nitrogen and oxygen atoms in total. The third kappa shape index (κ3) is 3.79. The molecule has 0 bridgehead atoms. The van der Waals surface area contributed by atoms with Gasteiger partial charge in [-0.15, -0.1) is 0 Å². The molecule has 2 atom stereocenters. The van der Waals surface area contributed by atoms with Gasteiger partial charge in [0.2, 0.25) is 0 Å². The summed E-state index contributed by atoms with van der Waals surface area (Å²) in [4.78, 5) is 8.43. The van der Waals surface area contributed by atoms with Crippen LogP contribution in [0.4, 0.5) is 13.2 Å². The minimum atomic E-state index is -4.49. The SMILES string of the molecule is O=[PH](O)OC(Cl)c1cccc(C(F)(F)F)c1. The van der Waals surface area contributed by atoms with Crippen LogP contribution in [-0.2, 0) is 15.3 Å². The Balaban J connectivity index is 2.94. The van der Waals surface area contributed by atoms with Crippen molar-refractivity contribution < 1.29 is 27.2 Å². The van der Waals surface area contributed by atoms with Crippen molar-refractivity contribution in [1.29, 1.82) is 0 Å². The first-order chi connectivity index (χ1) is 7.30. The Bertz CT molecular complexity index is 396. The summed E-state index contributed by atoms with van der Waals surface area (Å²) in [5, 5.41) is 0. The van der Waals surface area contributed by atoms with E-state index in [1.165, 1.54) is 6.07 Å². The molecule has 0 aliphatic carbocycles. The number of halogens is 4. The molecule has 90 valence electrons. The van der Waals surface area contributed by atoms with Crippen LogP contribution in [0.5, 0.6) is 0 Å². The smallest absolute Gasteiger partial charge is 0.326 e. The van der Waals surface area contributed by atoms with Crippen LogP contribution < -0.4 is 0 Å². The van der Waals surface area contributed by atoms with Crippen LogP contribution in [0.15, 0.2) is 24.3 Å². The largest absolute Gasteiger partial charge is 0.416 e. The van der Waals surface area contributed by atoms with E-state index in [1.807, 2.05) is 0 Å². The normalized spacial score (nSPS) is 15.8. The molecule has 0 spiro atoms. The summed E-state index contributed by atoms with van der Waals surface area (Å²) in [5.74, 6) is 0. The molecule has 1 aromatic rings. The minimum Gasteiger partial charge on any atom is -0.326 e. The van der Waals surface area contributed by atoms with Gasteiger partial charge in [-0.1, -0.05) is 23.7 Å². The van der Waals surface area contributed by atoms with Crippen molar-refractivity contribution in [2.24, 2.45) is 0 Å². The second-order valence-corrected chi connectivity index (χ2v) is 3.99. The molecule has 2 unspecified atom stereocenters. The van der Waals surface area contributed by atoms with E-state index in [0.717, 1.165) is 18.2 Å². The lowest BCUT2D eigenvalue weighted by molar-refractivity contribution is -0.137. The summed E-state index contributed by atoms with van der Waals surface area (Å²) < 4.78 is 51.5. The average Bonchev–Trinajstić information content (AvgIpc) is 2.15. The summed E-state index contributed by atoms with van der Waals surface area (Å²) in [6.07, 6.45) is -4.49. The lowest BCUT2D eigenvalue weighted by atomic mass is 10.1. The molecule has 0 aromatic heterocycles. The van der Waals surface area contributed by atoms with E-state index in [0.29, 0.717) is 0 Å². The zero-order chi connectivity index (χ0) is 12.3. The molecule has 0 heterocycles. The van der Waals surface area contributed by atoms with Gasteiger partial charge in [-0.25, -0.2) is 0 Å². The molecular formula is C8H7ClF3O3P. The first-order valence-corrected chi connectivity index (χ1v) is 5.71. The first kappa shape index (κ1) is 13.5. The van der Waals surface area contributed by atoms with Gasteiger partial charge in [-0.3, -0.25) is 9.09 Å². The Kier molecular flexibility index (Phi) is 4.38. The van der Waals surface area contributed by atoms with Crippen LogP contribution in [-0.4, -0.2) is 4.89 Å². The van der Waals surface area contributed by atoms with E-state index in [2.05, 4.69) is 4.52 Å². The van der Waals surface area contributed by atoms with E-state index in [-0.39, 0.29) is 5.56 Å². The lowest BCUT2D eigenvalue weighted by Gasteiger charge is -2.11. The van der Waals surface area contributed by atoms with Gasteiger partial charge in [0, 0.05) is 0 Å². The van der Waals surface area contributed by atoms with Crippen molar-refractivity contribution in [3.05, 3.63) is 35.4 Å². The molecule has 0 aliphatic rings. The predicted molar refractivity (Wildman–Crippen MR) is 52.3 cm³/mol. The van der Waals surface area contributed by atoms with Crippen molar-refractivity contribution in [2.45, 2.75) is 11.7 Å². The molecule has 0 aliphatic heterocycles. The number of hydrogen-bond acceptors (Lipinski definition) is 2. The Morgan fingerprint density at radius 2 is 2.06 bits per heavy atom. The Hall–Kier alpha value is -0.550. The minimum absolute atomic E-state index is 0.0242. The van der Waals surface area contributed by atoms with E-state index in [9.17, 15) is 17.7 Å². The maximum atomic E-state index is 12.3. The van der Waals surface area contributed by atoms with E-state index in [1.54, 1.807) is 0 Å². The fourth-order valence-corrected chi connectivity index (χ4v) is 1.69. The molecular weight excluding hydrogens is 268 g/mol. The van der Waals surface area contributed by atoms with Gasteiger partial charge in [-0.2, -0.15) is 13.2 Å². The topological polar surface area (TPSA) is 46.5 Å². The molecule has 1 rings (SSSR count). The van der Waals surface area contributed by atoms with Gasteiger partial charge < -0.3 is 4.89 Å². The molecule has 0 saturated carbocycles. The maximum Gasteiger partial charge on any atom is 0.416 e. The average molecular weight is 275 g/mol. The van der Waals surface area contributed by atoms with Crippen molar-refractivity contribution >= 4 is 19.9 Å². The maximum absolute atomic E-state index is 12.3. The van der Waals surface area contributed by atoms with Crippen LogP contribution in [0.2, 0.25) is 0 Å². The molecule has 1 aromatic carbocycles. The Morgan fingerprint density at radius 3 is 2.56 bits per heavy atom. The molecule has 0 amide bonds. The summed E-state index contributed by atoms with van der Waals surface area (Å²) in [7, 11) is -3.29. The monoisotopic (exact) mass is 274 g/mol. The standard InChI is InChI=1S/C8H7ClF3O3P/c9-7(15-16(13)14)5-2-1-3-6(4-5)8(10,11)12/h1-4,7,16H,(H,13,14). The van der Waals surface area contributed by atoms with Gasteiger partial charge in [0.25, 0.3) is 0 Å². The third-order valence-electron chi connectivity index (χ3n) is 1.68. The number of hydrogen-bond donors (Lipinski definition) is 1. The van der Waals surface area contributed by atoms with Gasteiger partial charge >= 0.3 is 14.4 Å². The van der Waals surface area contributed by atoms with Crippen molar-refractivity contribution in [1.82, 2.24) is 0 Å². The Morgan fingerprint density at radius 1 is 1.44 bits per heavy atom. The van der Waals surface area contributed by atoms with Gasteiger partial charge in [0.05, 0.1) is 5.56 Å². The summed E-state index contributed by atoms with van der Waals surface area (Å²) in [6, 6.07) is 4.06. The highest BCUT2D eigenvalue weighted by molar-refractivity contribution is 7.32. The lowest BCUT2D eigenvalue weighted by Crippen LogP contribution is -2.05. The highest BCUT2D eigenvalue weighted by Crippen LogP contribution is 2.35. The number of benzene rings is 1. The third-order valence-corrected chi connectivity index (χ3v) is 2.61. The molecule has 0 radical (unpaired) electrons. The fourth-order valence-electron chi connectivity index (χ4n) is 1.01. The van der Waals surface area contributed by atoms with E-state index < -0.39 is 25.6 Å². The highest BCUT2D eigenvalue weighted by atomic mass is 35.5. The van der Waals surface area contributed by atoms with Crippen LogP contribution in [0.1, 0.15) is 16.7 Å². The molecule has 16 heavy (non-hydrogen) atoms. The van der Waals surface area contributed by atoms with Gasteiger partial charge in [-0.05, 0) is 17.7 Å². The van der Waals surface area contributed by atoms with Crippen LogP contribution in [0.25, 0.3) is 0 Å². The van der Waals surface area contributed by atoms with Crippen molar-refractivity contribution in [3.63, 3.8) is 0 Å². The quantitative estimate of drug-likeness (QED) is 0.679. The zero-order valence-electron chi connectivity index (χ0n) is 7.66. The summed E-state index contributed by atoms with van der Waals surface area (Å²) in [5.41, 5.74) is -2.29. The van der Waals surface area contributed by atoms with E-state index >= 15 is 0 Å². The van der Waals surface area contributed by atoms with Crippen molar-refractivity contribution in [3.8, 4) is 0 Å². The van der Waals surface area contributed by atoms with Gasteiger partial charge in [0.15, 0.2) is 5.56 Å². The van der Waals surface area contributed by atoms with Gasteiger partial charge in [0.1, 0.15) is 0 Å². The number of rotatable bonds is 3. The fraction of sp³-hybridized carbons (Fsp3) is 0.250. The number of alkyl halides is 4. The van der Waals surface area contributed by atoms with Crippen molar-refractivity contribution in [2.75, 3.05) is 0 Å². The molecule has 0 saturated heterocycles. The second-order valence-electron chi connectivity index (χ2n) is 2.82. The summed E-state index contributed by atoms with van der Waals surface area (Å²) in [6.45, 7) is 0. The first-order valence-electron chi connectivity index (χ1n) is 4.01.